The van der Waals surface area contributed by atoms with Gasteiger partial charge in [0.05, 0.1) is 17.8 Å². The van der Waals surface area contributed by atoms with Crippen molar-refractivity contribution in [2.24, 2.45) is 0 Å². The van der Waals surface area contributed by atoms with E-state index in [0.717, 1.165) is 16.8 Å². The fraction of sp³-hybridized carbons (Fsp3) is 0.0345. The van der Waals surface area contributed by atoms with E-state index in [1.54, 1.807) is 47.4 Å². The maximum atomic E-state index is 13.6. The highest BCUT2D eigenvalue weighted by molar-refractivity contribution is 6.10. The van der Waals surface area contributed by atoms with E-state index in [1.165, 1.54) is 24.3 Å². The molecule has 1 aliphatic heterocycles. The van der Waals surface area contributed by atoms with Crippen LogP contribution in [0.4, 0.5) is 4.39 Å². The number of furan rings is 1. The van der Waals surface area contributed by atoms with Crippen molar-refractivity contribution in [1.29, 1.82) is 0 Å². The van der Waals surface area contributed by atoms with Crippen molar-refractivity contribution in [3.8, 4) is 11.3 Å². The van der Waals surface area contributed by atoms with Gasteiger partial charge in [-0.3, -0.25) is 4.79 Å². The van der Waals surface area contributed by atoms with Crippen LogP contribution in [0.2, 0.25) is 0 Å². The average molecular weight is 465 g/mol. The van der Waals surface area contributed by atoms with Crippen LogP contribution in [0.1, 0.15) is 27.2 Å². The Hall–Kier alpha value is -4.71. The van der Waals surface area contributed by atoms with Gasteiger partial charge in [-0.1, -0.05) is 54.6 Å². The normalized spacial score (nSPS) is 14.4. The van der Waals surface area contributed by atoms with Crippen LogP contribution in [0, 0.1) is 5.82 Å². The smallest absolute Gasteiger partial charge is 0.335 e. The minimum atomic E-state index is -1.00. The quantitative estimate of drug-likeness (QED) is 0.342. The van der Waals surface area contributed by atoms with Crippen molar-refractivity contribution in [2.45, 2.75) is 6.54 Å². The molecule has 5 rings (SSSR count). The number of carboxylic acid groups (broad SMARTS) is 1. The molecule has 5 nitrogen and oxygen atoms in total. The van der Waals surface area contributed by atoms with Crippen LogP contribution in [0.15, 0.2) is 107 Å². The van der Waals surface area contributed by atoms with Gasteiger partial charge in [0.15, 0.2) is 0 Å². The lowest BCUT2D eigenvalue weighted by atomic mass is 10.1. The van der Waals surface area contributed by atoms with Crippen molar-refractivity contribution in [3.05, 3.63) is 131 Å². The third-order valence-electron chi connectivity index (χ3n) is 5.72. The minimum absolute atomic E-state index is 0.188. The molecule has 4 aromatic rings. The van der Waals surface area contributed by atoms with E-state index in [2.05, 4.69) is 0 Å². The standard InChI is InChI=1S/C29H20FNO4/c30-24-8-4-7-22(15-24)27-14-13-25(35-27)16-23-17-26(20-5-2-1-3-6-20)31(28(23)32)18-19-9-11-21(12-10-19)29(33)34/h1-17H,18H2,(H,33,34)/b23-16+. The first-order valence-electron chi connectivity index (χ1n) is 11.0. The van der Waals surface area contributed by atoms with Crippen molar-refractivity contribution < 1.29 is 23.5 Å². The molecule has 0 radical (unpaired) electrons. The molecule has 2 heterocycles. The van der Waals surface area contributed by atoms with E-state index in [0.29, 0.717) is 22.7 Å². The summed E-state index contributed by atoms with van der Waals surface area (Å²) in [7, 11) is 0. The molecule has 0 spiro atoms. The van der Waals surface area contributed by atoms with Crippen LogP contribution in [-0.2, 0) is 11.3 Å². The number of benzene rings is 3. The number of rotatable bonds is 6. The molecule has 1 amide bonds. The summed E-state index contributed by atoms with van der Waals surface area (Å²) in [6.45, 7) is 0.281. The van der Waals surface area contributed by atoms with Gasteiger partial charge in [-0.2, -0.15) is 0 Å². The largest absolute Gasteiger partial charge is 0.478 e. The Labute approximate surface area is 201 Å². The average Bonchev–Trinajstić information content (AvgIpc) is 3.46. The maximum absolute atomic E-state index is 13.6. The Kier molecular flexibility index (Phi) is 5.85. The first-order valence-corrected chi connectivity index (χ1v) is 11.0. The van der Waals surface area contributed by atoms with Crippen molar-refractivity contribution in [3.63, 3.8) is 0 Å². The van der Waals surface area contributed by atoms with Crippen LogP contribution >= 0.6 is 0 Å². The van der Waals surface area contributed by atoms with E-state index in [9.17, 15) is 14.0 Å². The lowest BCUT2D eigenvalue weighted by molar-refractivity contribution is -0.123. The van der Waals surface area contributed by atoms with Crippen LogP contribution in [0.5, 0.6) is 0 Å². The highest BCUT2D eigenvalue weighted by Gasteiger charge is 2.29. The molecule has 35 heavy (non-hydrogen) atoms. The van der Waals surface area contributed by atoms with E-state index in [1.807, 2.05) is 36.4 Å². The van der Waals surface area contributed by atoms with Gasteiger partial charge in [0, 0.05) is 11.1 Å². The van der Waals surface area contributed by atoms with E-state index in [-0.39, 0.29) is 23.8 Å². The number of carbonyl (C=O) groups excluding carboxylic acids is 1. The Balaban J connectivity index is 1.47. The predicted octanol–water partition coefficient (Wildman–Crippen LogP) is 6.25. The van der Waals surface area contributed by atoms with Crippen LogP contribution in [0.25, 0.3) is 23.1 Å². The molecule has 1 aliphatic rings. The van der Waals surface area contributed by atoms with Gasteiger partial charge >= 0.3 is 5.97 Å². The van der Waals surface area contributed by atoms with Gasteiger partial charge < -0.3 is 14.4 Å². The zero-order chi connectivity index (χ0) is 24.4. The first kappa shape index (κ1) is 22.1. The molecule has 0 unspecified atom stereocenters. The zero-order valence-electron chi connectivity index (χ0n) is 18.5. The predicted molar refractivity (Wildman–Crippen MR) is 130 cm³/mol. The molecule has 1 aromatic heterocycles. The topological polar surface area (TPSA) is 70.8 Å². The highest BCUT2D eigenvalue weighted by atomic mass is 19.1. The number of carboxylic acids is 1. The van der Waals surface area contributed by atoms with Crippen molar-refractivity contribution in [1.82, 2.24) is 4.90 Å². The molecule has 0 atom stereocenters. The molecule has 3 aromatic carbocycles. The molecule has 0 saturated heterocycles. The molecule has 6 heteroatoms. The second-order valence-corrected chi connectivity index (χ2v) is 8.10. The third kappa shape index (κ3) is 4.68. The van der Waals surface area contributed by atoms with Crippen molar-refractivity contribution >= 4 is 23.6 Å². The van der Waals surface area contributed by atoms with Gasteiger partial charge in [0.2, 0.25) is 0 Å². The summed E-state index contributed by atoms with van der Waals surface area (Å²) in [5.74, 6) is -0.574. The number of aromatic carboxylic acids is 1. The van der Waals surface area contributed by atoms with E-state index in [4.69, 9.17) is 9.52 Å². The summed E-state index contributed by atoms with van der Waals surface area (Å²) < 4.78 is 19.5. The molecule has 0 aliphatic carbocycles. The van der Waals surface area contributed by atoms with Gasteiger partial charge in [-0.15, -0.1) is 0 Å². The highest BCUT2D eigenvalue weighted by Crippen LogP contribution is 2.33. The van der Waals surface area contributed by atoms with Crippen LogP contribution in [-0.4, -0.2) is 21.9 Å². The monoisotopic (exact) mass is 465 g/mol. The van der Waals surface area contributed by atoms with E-state index >= 15 is 0 Å². The second kappa shape index (κ2) is 9.27. The minimum Gasteiger partial charge on any atom is -0.478 e. The fourth-order valence-electron chi connectivity index (χ4n) is 3.98. The van der Waals surface area contributed by atoms with Crippen molar-refractivity contribution in [2.75, 3.05) is 0 Å². The maximum Gasteiger partial charge on any atom is 0.335 e. The van der Waals surface area contributed by atoms with Gasteiger partial charge in [-0.25, -0.2) is 9.18 Å². The Morgan fingerprint density at radius 1 is 0.914 bits per heavy atom. The molecule has 0 bridgehead atoms. The SMILES string of the molecule is O=C(O)c1ccc(CN2C(=O)/C(=C/c3ccc(-c4cccc(F)c4)o3)C=C2c2ccccc2)cc1. The molecule has 1 N–H and O–H groups in total. The number of amides is 1. The Bertz CT molecular complexity index is 1470. The van der Waals surface area contributed by atoms with E-state index < -0.39 is 5.97 Å². The number of hydrogen-bond acceptors (Lipinski definition) is 3. The third-order valence-corrected chi connectivity index (χ3v) is 5.72. The summed E-state index contributed by atoms with van der Waals surface area (Å²) in [5.41, 5.74) is 3.67. The molecule has 172 valence electrons. The summed E-state index contributed by atoms with van der Waals surface area (Å²) in [5, 5.41) is 9.15. The summed E-state index contributed by atoms with van der Waals surface area (Å²) in [6, 6.07) is 25.6. The zero-order valence-corrected chi connectivity index (χ0v) is 18.5. The Morgan fingerprint density at radius 3 is 2.37 bits per heavy atom. The number of carbonyl (C=O) groups is 2. The van der Waals surface area contributed by atoms with Crippen LogP contribution < -0.4 is 0 Å². The summed E-state index contributed by atoms with van der Waals surface area (Å²) in [4.78, 5) is 26.2. The fourth-order valence-corrected chi connectivity index (χ4v) is 3.98. The molecular weight excluding hydrogens is 445 g/mol. The molecule has 0 saturated carbocycles. The molecular formula is C29H20FNO4. The van der Waals surface area contributed by atoms with Crippen LogP contribution in [0.3, 0.4) is 0 Å². The van der Waals surface area contributed by atoms with Gasteiger partial charge in [0.25, 0.3) is 5.91 Å². The lowest BCUT2D eigenvalue weighted by Crippen LogP contribution is -2.25. The number of nitrogens with zero attached hydrogens (tertiary/aromatic N) is 1. The summed E-state index contributed by atoms with van der Waals surface area (Å²) >= 11 is 0. The summed E-state index contributed by atoms with van der Waals surface area (Å²) in [6.07, 6.45) is 3.48. The first-order chi connectivity index (χ1) is 17.0. The molecule has 0 fully saturated rings. The van der Waals surface area contributed by atoms with Gasteiger partial charge in [0.1, 0.15) is 17.3 Å². The number of halogens is 1. The Morgan fingerprint density at radius 2 is 1.66 bits per heavy atom. The lowest BCUT2D eigenvalue weighted by Gasteiger charge is -2.21. The second-order valence-electron chi connectivity index (χ2n) is 8.10. The number of hydrogen-bond donors (Lipinski definition) is 1. The van der Waals surface area contributed by atoms with Gasteiger partial charge in [-0.05, 0) is 59.7 Å².